The monoisotopic (exact) mass is 423 g/mol. The minimum absolute atomic E-state index is 0.0311. The first kappa shape index (κ1) is 20.5. The van der Waals surface area contributed by atoms with E-state index in [2.05, 4.69) is 50.3 Å². The molecule has 1 unspecified atom stereocenters. The number of hydrogen-bond acceptors (Lipinski definition) is 5. The molecule has 1 atom stereocenters. The Labute approximate surface area is 184 Å². The van der Waals surface area contributed by atoms with Crippen LogP contribution in [-0.2, 0) is 4.74 Å². The number of anilines is 1. The predicted molar refractivity (Wildman–Crippen MR) is 120 cm³/mol. The molecule has 1 N–H and O–H groups in total. The van der Waals surface area contributed by atoms with Gasteiger partial charge >= 0.3 is 0 Å². The lowest BCUT2D eigenvalue weighted by Gasteiger charge is -2.49. The lowest BCUT2D eigenvalue weighted by Crippen LogP contribution is -2.57. The van der Waals surface area contributed by atoms with Crippen molar-refractivity contribution in [2.75, 3.05) is 50.8 Å². The summed E-state index contributed by atoms with van der Waals surface area (Å²) in [5, 5.41) is 7.01. The molecule has 0 bridgehead atoms. The summed E-state index contributed by atoms with van der Waals surface area (Å²) >= 11 is 0. The number of aromatic amines is 1. The molecule has 31 heavy (non-hydrogen) atoms. The summed E-state index contributed by atoms with van der Waals surface area (Å²) in [6.07, 6.45) is 4.04. The van der Waals surface area contributed by atoms with Crippen LogP contribution in [-0.4, -0.2) is 83.4 Å². The van der Waals surface area contributed by atoms with E-state index in [0.717, 1.165) is 77.3 Å². The van der Waals surface area contributed by atoms with Crippen molar-refractivity contribution >= 4 is 11.6 Å². The van der Waals surface area contributed by atoms with Gasteiger partial charge in [0, 0.05) is 63.3 Å². The maximum atomic E-state index is 12.7. The zero-order chi connectivity index (χ0) is 21.3. The van der Waals surface area contributed by atoms with Gasteiger partial charge in [-0.2, -0.15) is 5.10 Å². The van der Waals surface area contributed by atoms with Crippen LogP contribution in [0.2, 0.25) is 0 Å². The molecule has 3 aliphatic heterocycles. The molecule has 7 nitrogen and oxygen atoms in total. The average Bonchev–Trinajstić information content (AvgIpc) is 3.26. The molecule has 1 aromatic carbocycles. The van der Waals surface area contributed by atoms with Crippen molar-refractivity contribution in [2.45, 2.75) is 44.2 Å². The molecule has 7 heteroatoms. The maximum absolute atomic E-state index is 12.7. The summed E-state index contributed by atoms with van der Waals surface area (Å²) in [7, 11) is 0. The molecular weight excluding hydrogens is 390 g/mol. The minimum Gasteiger partial charge on any atom is -0.375 e. The van der Waals surface area contributed by atoms with Crippen LogP contribution < -0.4 is 4.90 Å². The fourth-order valence-corrected chi connectivity index (χ4v) is 5.45. The topological polar surface area (TPSA) is 64.7 Å². The summed E-state index contributed by atoms with van der Waals surface area (Å²) in [6, 6.07) is 13.1. The van der Waals surface area contributed by atoms with Gasteiger partial charge in [0.25, 0.3) is 5.91 Å². The van der Waals surface area contributed by atoms with E-state index in [1.165, 1.54) is 5.69 Å². The van der Waals surface area contributed by atoms with Crippen molar-refractivity contribution in [3.05, 3.63) is 47.8 Å². The number of ether oxygens (including phenoxy) is 1. The minimum atomic E-state index is -0.0717. The van der Waals surface area contributed by atoms with Crippen molar-refractivity contribution in [3.8, 4) is 0 Å². The predicted octanol–water partition coefficient (Wildman–Crippen LogP) is 2.69. The van der Waals surface area contributed by atoms with Crippen LogP contribution in [0.15, 0.2) is 36.4 Å². The van der Waals surface area contributed by atoms with E-state index >= 15 is 0 Å². The van der Waals surface area contributed by atoms with E-state index in [4.69, 9.17) is 4.74 Å². The normalized spacial score (nSPS) is 24.5. The first-order valence-electron chi connectivity index (χ1n) is 11.6. The lowest BCUT2D eigenvalue weighted by molar-refractivity contribution is -0.130. The molecule has 3 saturated heterocycles. The van der Waals surface area contributed by atoms with Crippen LogP contribution in [0.3, 0.4) is 0 Å². The summed E-state index contributed by atoms with van der Waals surface area (Å²) in [6.45, 7) is 8.64. The van der Waals surface area contributed by atoms with Gasteiger partial charge in [-0.15, -0.1) is 0 Å². The Hall–Kier alpha value is -2.38. The second-order valence-electron chi connectivity index (χ2n) is 9.27. The number of piperidine rings is 1. The number of piperazine rings is 1. The number of amides is 1. The molecule has 3 fully saturated rings. The quantitative estimate of drug-likeness (QED) is 0.822. The van der Waals surface area contributed by atoms with Gasteiger partial charge in [-0.25, -0.2) is 0 Å². The molecule has 166 valence electrons. The number of aryl methyl sites for hydroxylation is 1. The van der Waals surface area contributed by atoms with Crippen molar-refractivity contribution in [1.82, 2.24) is 20.0 Å². The Morgan fingerprint density at radius 1 is 1.10 bits per heavy atom. The summed E-state index contributed by atoms with van der Waals surface area (Å²) in [5.74, 6) is 0.0311. The summed E-state index contributed by atoms with van der Waals surface area (Å²) in [5.41, 5.74) is 2.70. The Morgan fingerprint density at radius 2 is 1.84 bits per heavy atom. The highest BCUT2D eigenvalue weighted by molar-refractivity contribution is 5.92. The fraction of sp³-hybridized carbons (Fsp3) is 0.583. The zero-order valence-electron chi connectivity index (χ0n) is 18.4. The number of H-pyrrole nitrogens is 1. The molecule has 1 amide bonds. The molecule has 0 saturated carbocycles. The first-order chi connectivity index (χ1) is 15.1. The van der Waals surface area contributed by atoms with Crippen LogP contribution in [0, 0.1) is 6.92 Å². The number of carbonyl (C=O) groups is 1. The molecule has 2 aromatic rings. The smallest absolute Gasteiger partial charge is 0.274 e. The summed E-state index contributed by atoms with van der Waals surface area (Å²) < 4.78 is 6.36. The van der Waals surface area contributed by atoms with E-state index in [1.54, 1.807) is 0 Å². The number of rotatable bonds is 3. The zero-order valence-corrected chi connectivity index (χ0v) is 18.4. The largest absolute Gasteiger partial charge is 0.375 e. The second kappa shape index (κ2) is 8.63. The molecule has 1 aromatic heterocycles. The molecule has 1 spiro atoms. The molecule has 0 aliphatic carbocycles. The molecular formula is C24H33N5O2. The van der Waals surface area contributed by atoms with Gasteiger partial charge in [0.15, 0.2) is 0 Å². The Balaban J connectivity index is 1.15. The standard InChI is InChI=1S/C24H33N5O2/c1-19-17-22(26-25-19)23(30)29-10-8-24(9-11-29)18-21(7-16-31-24)28-14-12-27(13-15-28)20-5-3-2-4-6-20/h2-6,17,21H,7-16,18H2,1H3,(H,25,26). The van der Waals surface area contributed by atoms with Crippen LogP contribution in [0.4, 0.5) is 5.69 Å². The average molecular weight is 424 g/mol. The van der Waals surface area contributed by atoms with Gasteiger partial charge in [-0.1, -0.05) is 18.2 Å². The third kappa shape index (κ3) is 4.34. The van der Waals surface area contributed by atoms with Gasteiger partial charge in [0.05, 0.1) is 5.60 Å². The number of hydrogen-bond donors (Lipinski definition) is 1. The summed E-state index contributed by atoms with van der Waals surface area (Å²) in [4.78, 5) is 19.8. The molecule has 4 heterocycles. The SMILES string of the molecule is Cc1cc(C(=O)N2CCC3(CC2)CC(N2CCN(c4ccccc4)CC2)CCO3)n[nH]1. The highest BCUT2D eigenvalue weighted by Gasteiger charge is 2.43. The van der Waals surface area contributed by atoms with Gasteiger partial charge in [0.1, 0.15) is 5.69 Å². The van der Waals surface area contributed by atoms with Crippen molar-refractivity contribution in [2.24, 2.45) is 0 Å². The Bertz CT molecular complexity index is 882. The number of benzene rings is 1. The highest BCUT2D eigenvalue weighted by atomic mass is 16.5. The molecule has 3 aliphatic rings. The maximum Gasteiger partial charge on any atom is 0.274 e. The number of carbonyl (C=O) groups excluding carboxylic acids is 1. The first-order valence-corrected chi connectivity index (χ1v) is 11.6. The van der Waals surface area contributed by atoms with E-state index in [-0.39, 0.29) is 11.5 Å². The van der Waals surface area contributed by atoms with E-state index in [9.17, 15) is 4.79 Å². The van der Waals surface area contributed by atoms with Crippen molar-refractivity contribution < 1.29 is 9.53 Å². The van der Waals surface area contributed by atoms with Crippen molar-refractivity contribution in [1.29, 1.82) is 0 Å². The van der Waals surface area contributed by atoms with Gasteiger partial charge in [-0.3, -0.25) is 14.8 Å². The van der Waals surface area contributed by atoms with E-state index < -0.39 is 0 Å². The fourth-order valence-electron chi connectivity index (χ4n) is 5.45. The Morgan fingerprint density at radius 3 is 2.52 bits per heavy atom. The van der Waals surface area contributed by atoms with Crippen LogP contribution in [0.5, 0.6) is 0 Å². The second-order valence-corrected chi connectivity index (χ2v) is 9.27. The van der Waals surface area contributed by atoms with Gasteiger partial charge < -0.3 is 14.5 Å². The van der Waals surface area contributed by atoms with Gasteiger partial charge in [0.2, 0.25) is 0 Å². The number of nitrogens with zero attached hydrogens (tertiary/aromatic N) is 4. The van der Waals surface area contributed by atoms with Gasteiger partial charge in [-0.05, 0) is 50.8 Å². The molecule has 0 radical (unpaired) electrons. The van der Waals surface area contributed by atoms with E-state index in [1.807, 2.05) is 17.9 Å². The number of aromatic nitrogens is 2. The Kier molecular flexibility index (Phi) is 5.71. The number of para-hydroxylation sites is 1. The number of nitrogens with one attached hydrogen (secondary N) is 1. The van der Waals surface area contributed by atoms with Crippen LogP contribution in [0.25, 0.3) is 0 Å². The van der Waals surface area contributed by atoms with Crippen LogP contribution in [0.1, 0.15) is 41.9 Å². The van der Waals surface area contributed by atoms with E-state index in [0.29, 0.717) is 11.7 Å². The third-order valence-corrected chi connectivity index (χ3v) is 7.31. The third-order valence-electron chi connectivity index (χ3n) is 7.31. The van der Waals surface area contributed by atoms with Crippen LogP contribution >= 0.6 is 0 Å². The molecule has 5 rings (SSSR count). The lowest BCUT2D eigenvalue weighted by atomic mass is 9.81. The van der Waals surface area contributed by atoms with Crippen molar-refractivity contribution in [3.63, 3.8) is 0 Å². The number of likely N-dealkylation sites (tertiary alicyclic amines) is 1. The highest BCUT2D eigenvalue weighted by Crippen LogP contribution is 2.37.